The summed E-state index contributed by atoms with van der Waals surface area (Å²) in [5.41, 5.74) is 3.85. The number of aryl methyl sites for hydroxylation is 1. The number of nitrogens with one attached hydrogen (secondary N) is 1. The lowest BCUT2D eigenvalue weighted by molar-refractivity contribution is 0.411. The van der Waals surface area contributed by atoms with Crippen molar-refractivity contribution in [2.24, 2.45) is 0 Å². The molecule has 0 saturated heterocycles. The van der Waals surface area contributed by atoms with E-state index in [0.717, 1.165) is 24.5 Å². The minimum absolute atomic E-state index is 0.153. The van der Waals surface area contributed by atoms with Crippen LogP contribution in [0.25, 0.3) is 0 Å². The first kappa shape index (κ1) is 15.7. The van der Waals surface area contributed by atoms with Gasteiger partial charge in [-0.25, -0.2) is 4.68 Å². The Balaban J connectivity index is 1.66. The van der Waals surface area contributed by atoms with E-state index in [9.17, 15) is 0 Å². The minimum atomic E-state index is 0.153. The molecular formula is C20H22N4O. The quantitative estimate of drug-likeness (QED) is 0.784. The smallest absolute Gasteiger partial charge is 0.222 e. The fraction of sp³-hybridized carbons (Fsp3) is 0.300. The average Bonchev–Trinajstić information content (AvgIpc) is 3.16. The first-order valence-electron chi connectivity index (χ1n) is 8.67. The van der Waals surface area contributed by atoms with Gasteiger partial charge in [-0.1, -0.05) is 43.3 Å². The molecule has 2 heterocycles. The zero-order valence-corrected chi connectivity index (χ0v) is 14.5. The van der Waals surface area contributed by atoms with Crippen molar-refractivity contribution >= 4 is 5.95 Å². The van der Waals surface area contributed by atoms with Crippen LogP contribution in [0.4, 0.5) is 5.95 Å². The lowest BCUT2D eigenvalue weighted by Gasteiger charge is -2.32. The van der Waals surface area contributed by atoms with E-state index in [1.807, 2.05) is 16.8 Å². The molecule has 0 unspecified atom stereocenters. The number of ether oxygens (including phenoxy) is 1. The molecule has 1 N–H and O–H groups in total. The topological polar surface area (TPSA) is 52.0 Å². The molecule has 0 fully saturated rings. The Bertz CT molecular complexity index is 839. The van der Waals surface area contributed by atoms with Gasteiger partial charge in [0, 0.05) is 0 Å². The van der Waals surface area contributed by atoms with E-state index < -0.39 is 0 Å². The number of nitrogens with zero attached hydrogens (tertiary/aromatic N) is 3. The number of hydrogen-bond donors (Lipinski definition) is 1. The van der Waals surface area contributed by atoms with Crippen LogP contribution in [0.3, 0.4) is 0 Å². The van der Waals surface area contributed by atoms with Gasteiger partial charge in [-0.3, -0.25) is 0 Å². The highest BCUT2D eigenvalue weighted by Crippen LogP contribution is 2.37. The fourth-order valence-corrected chi connectivity index (χ4v) is 3.43. The first-order valence-corrected chi connectivity index (χ1v) is 8.67. The second-order valence-corrected chi connectivity index (χ2v) is 6.34. The van der Waals surface area contributed by atoms with Gasteiger partial charge < -0.3 is 10.1 Å². The van der Waals surface area contributed by atoms with Crippen LogP contribution in [0, 0.1) is 0 Å². The highest BCUT2D eigenvalue weighted by Gasteiger charge is 2.29. The summed E-state index contributed by atoms with van der Waals surface area (Å²) >= 11 is 0. The zero-order valence-electron chi connectivity index (χ0n) is 14.5. The average molecular weight is 334 g/mol. The second-order valence-electron chi connectivity index (χ2n) is 6.34. The summed E-state index contributed by atoms with van der Waals surface area (Å²) in [5, 5.41) is 7.94. The number of anilines is 1. The maximum Gasteiger partial charge on any atom is 0.222 e. The minimum Gasteiger partial charge on any atom is -0.497 e. The van der Waals surface area contributed by atoms with Crippen molar-refractivity contribution < 1.29 is 4.74 Å². The van der Waals surface area contributed by atoms with E-state index in [2.05, 4.69) is 58.7 Å². The Labute approximate surface area is 147 Å². The van der Waals surface area contributed by atoms with E-state index in [0.29, 0.717) is 0 Å². The molecule has 4 rings (SSSR count). The molecular weight excluding hydrogens is 312 g/mol. The zero-order chi connectivity index (χ0) is 17.2. The Morgan fingerprint density at radius 1 is 1.08 bits per heavy atom. The summed E-state index contributed by atoms with van der Waals surface area (Å²) < 4.78 is 7.25. The van der Waals surface area contributed by atoms with E-state index >= 15 is 0 Å². The molecule has 2 atom stereocenters. The number of aromatic nitrogens is 3. The van der Waals surface area contributed by atoms with Crippen molar-refractivity contribution in [1.82, 2.24) is 14.8 Å². The third kappa shape index (κ3) is 2.97. The van der Waals surface area contributed by atoms with Crippen LogP contribution in [0.5, 0.6) is 5.75 Å². The van der Waals surface area contributed by atoms with Crippen molar-refractivity contribution in [3.63, 3.8) is 0 Å². The number of benzene rings is 2. The van der Waals surface area contributed by atoms with Crippen LogP contribution >= 0.6 is 0 Å². The summed E-state index contributed by atoms with van der Waals surface area (Å²) in [4.78, 5) is 4.39. The Hall–Kier alpha value is -2.82. The molecule has 2 aromatic carbocycles. The Morgan fingerprint density at radius 2 is 1.80 bits per heavy atom. The molecule has 0 amide bonds. The third-order valence-electron chi connectivity index (χ3n) is 4.92. The van der Waals surface area contributed by atoms with Crippen LogP contribution in [-0.2, 0) is 6.42 Å². The number of rotatable bonds is 4. The molecule has 3 aromatic rings. The number of fused-ring (bicyclic) bond motifs is 1. The van der Waals surface area contributed by atoms with Crippen molar-refractivity contribution in [1.29, 1.82) is 0 Å². The lowest BCUT2D eigenvalue weighted by Crippen LogP contribution is -2.28. The van der Waals surface area contributed by atoms with Crippen molar-refractivity contribution in [3.05, 3.63) is 71.5 Å². The highest BCUT2D eigenvalue weighted by atomic mass is 16.5. The fourth-order valence-electron chi connectivity index (χ4n) is 3.43. The summed E-state index contributed by atoms with van der Waals surface area (Å²) in [5.74, 6) is 1.68. The SMILES string of the molecule is CCc1ccc([C@@H]2C[C@H](c3ccc(OC)cc3)n3ncnc3N2)cc1. The van der Waals surface area contributed by atoms with Crippen molar-refractivity contribution in [3.8, 4) is 5.75 Å². The molecule has 25 heavy (non-hydrogen) atoms. The van der Waals surface area contributed by atoms with Crippen LogP contribution in [0.15, 0.2) is 54.9 Å². The molecule has 128 valence electrons. The van der Waals surface area contributed by atoms with Crippen molar-refractivity contribution in [2.75, 3.05) is 12.4 Å². The summed E-state index contributed by atoms with van der Waals surface area (Å²) in [6, 6.07) is 17.4. The lowest BCUT2D eigenvalue weighted by atomic mass is 9.93. The molecule has 5 nitrogen and oxygen atoms in total. The Kier molecular flexibility index (Phi) is 4.14. The number of methoxy groups -OCH3 is 1. The van der Waals surface area contributed by atoms with E-state index in [4.69, 9.17) is 4.74 Å². The predicted octanol–water partition coefficient (Wildman–Crippen LogP) is 4.00. The summed E-state index contributed by atoms with van der Waals surface area (Å²) in [6.07, 6.45) is 3.59. The molecule has 0 saturated carbocycles. The van der Waals surface area contributed by atoms with Gasteiger partial charge in [-0.05, 0) is 41.7 Å². The van der Waals surface area contributed by atoms with Gasteiger partial charge in [0.25, 0.3) is 0 Å². The molecule has 1 aliphatic heterocycles. The summed E-state index contributed by atoms with van der Waals surface area (Å²) in [7, 11) is 1.69. The first-order chi connectivity index (χ1) is 12.3. The molecule has 0 bridgehead atoms. The van der Waals surface area contributed by atoms with Gasteiger partial charge in [0.1, 0.15) is 12.1 Å². The molecule has 5 heteroatoms. The number of hydrogen-bond acceptors (Lipinski definition) is 4. The van der Waals surface area contributed by atoms with E-state index in [1.165, 1.54) is 16.7 Å². The second kappa shape index (κ2) is 6.59. The predicted molar refractivity (Wildman–Crippen MR) is 98.0 cm³/mol. The van der Waals surface area contributed by atoms with Crippen molar-refractivity contribution in [2.45, 2.75) is 31.8 Å². The van der Waals surface area contributed by atoms with E-state index in [-0.39, 0.29) is 12.1 Å². The molecule has 1 aliphatic rings. The van der Waals surface area contributed by atoms with Crippen LogP contribution in [0.2, 0.25) is 0 Å². The van der Waals surface area contributed by atoms with Gasteiger partial charge >= 0.3 is 0 Å². The van der Waals surface area contributed by atoms with Gasteiger partial charge in [0.05, 0.1) is 19.2 Å². The van der Waals surface area contributed by atoms with Gasteiger partial charge in [0.2, 0.25) is 5.95 Å². The normalized spacial score (nSPS) is 19.1. The third-order valence-corrected chi connectivity index (χ3v) is 4.92. The van der Waals surface area contributed by atoms with Gasteiger partial charge in [-0.2, -0.15) is 10.1 Å². The molecule has 1 aromatic heterocycles. The molecule has 0 radical (unpaired) electrons. The highest BCUT2D eigenvalue weighted by molar-refractivity contribution is 5.39. The maximum absolute atomic E-state index is 5.28. The van der Waals surface area contributed by atoms with Crippen LogP contribution in [-0.4, -0.2) is 21.9 Å². The molecule has 0 aliphatic carbocycles. The van der Waals surface area contributed by atoms with Crippen LogP contribution < -0.4 is 10.1 Å². The van der Waals surface area contributed by atoms with Gasteiger partial charge in [0.15, 0.2) is 0 Å². The molecule has 0 spiro atoms. The van der Waals surface area contributed by atoms with Gasteiger partial charge in [-0.15, -0.1) is 0 Å². The standard InChI is InChI=1S/C20H22N4O/c1-3-14-4-6-15(7-5-14)18-12-19(24-20(23-18)21-13-22-24)16-8-10-17(25-2)11-9-16/h4-11,13,18-19H,3,12H2,1-2H3,(H,21,22,23)/t18-,19+/m0/s1. The Morgan fingerprint density at radius 3 is 2.48 bits per heavy atom. The van der Waals surface area contributed by atoms with Crippen LogP contribution in [0.1, 0.15) is 42.1 Å². The largest absolute Gasteiger partial charge is 0.497 e. The summed E-state index contributed by atoms with van der Waals surface area (Å²) in [6.45, 7) is 2.18. The van der Waals surface area contributed by atoms with E-state index in [1.54, 1.807) is 13.4 Å². The maximum atomic E-state index is 5.28. The monoisotopic (exact) mass is 334 g/mol.